The van der Waals surface area contributed by atoms with Crippen LogP contribution in [0.3, 0.4) is 0 Å². The average Bonchev–Trinajstić information content (AvgIpc) is 2.18. The summed E-state index contributed by atoms with van der Waals surface area (Å²) in [6.07, 6.45) is 11.2. The van der Waals surface area contributed by atoms with Gasteiger partial charge in [0, 0.05) is 22.8 Å². The van der Waals surface area contributed by atoms with Crippen LogP contribution in [-0.4, -0.2) is 29.3 Å². The second-order valence-electron chi connectivity index (χ2n) is 3.99. The van der Waals surface area contributed by atoms with Gasteiger partial charge in [0.05, 0.1) is 0 Å². The lowest BCUT2D eigenvalue weighted by Crippen LogP contribution is -2.25. The van der Waals surface area contributed by atoms with Crippen LogP contribution in [0.1, 0.15) is 25.7 Å². The van der Waals surface area contributed by atoms with E-state index >= 15 is 0 Å². The van der Waals surface area contributed by atoms with Gasteiger partial charge in [-0.25, -0.2) is 0 Å². The molecule has 0 fully saturated rings. The Hall–Kier alpha value is -0.150. The summed E-state index contributed by atoms with van der Waals surface area (Å²) in [6.45, 7) is 2.14. The summed E-state index contributed by atoms with van der Waals surface area (Å²) in [6, 6.07) is 0. The summed E-state index contributed by atoms with van der Waals surface area (Å²) in [5.74, 6) is 1.66. The van der Waals surface area contributed by atoms with Gasteiger partial charge in [-0.05, 0) is 44.7 Å². The highest BCUT2D eigenvalue weighted by Crippen LogP contribution is 2.16. The minimum atomic E-state index is -0.625. The summed E-state index contributed by atoms with van der Waals surface area (Å²) in [7, 11) is -0.625. The molecule has 0 aromatic carbocycles. The van der Waals surface area contributed by atoms with Crippen molar-refractivity contribution in [1.82, 2.24) is 5.32 Å². The normalized spacial score (nSPS) is 23.6. The van der Waals surface area contributed by atoms with Crippen LogP contribution in [0.5, 0.6) is 0 Å². The molecule has 82 valence electrons. The molecule has 0 aromatic rings. The third-order valence-corrected chi connectivity index (χ3v) is 3.46. The van der Waals surface area contributed by atoms with Crippen molar-refractivity contribution in [3.05, 3.63) is 12.2 Å². The molecule has 1 aliphatic rings. The third kappa shape index (κ3) is 5.55. The molecular weight excluding hydrogens is 194 g/mol. The number of rotatable bonds is 6. The zero-order chi connectivity index (χ0) is 10.2. The number of hydrogen-bond donors (Lipinski definition) is 1. The highest BCUT2D eigenvalue weighted by atomic mass is 32.2. The molecule has 0 heterocycles. The van der Waals surface area contributed by atoms with Crippen molar-refractivity contribution in [3.63, 3.8) is 0 Å². The van der Waals surface area contributed by atoms with E-state index in [0.717, 1.165) is 31.2 Å². The Bertz CT molecular complexity index is 203. The van der Waals surface area contributed by atoms with Crippen LogP contribution in [0.4, 0.5) is 0 Å². The maximum absolute atomic E-state index is 10.8. The summed E-state index contributed by atoms with van der Waals surface area (Å²) < 4.78 is 10.8. The van der Waals surface area contributed by atoms with E-state index in [1.54, 1.807) is 6.26 Å². The van der Waals surface area contributed by atoms with Gasteiger partial charge in [0.2, 0.25) is 0 Å². The highest BCUT2D eigenvalue weighted by Gasteiger charge is 2.08. The van der Waals surface area contributed by atoms with Gasteiger partial charge in [-0.3, -0.25) is 4.21 Å². The lowest BCUT2D eigenvalue weighted by Gasteiger charge is -2.17. The minimum absolute atomic E-state index is 0.625. The van der Waals surface area contributed by atoms with Crippen LogP contribution in [0.2, 0.25) is 0 Å². The van der Waals surface area contributed by atoms with Crippen LogP contribution in [0.15, 0.2) is 12.2 Å². The first-order valence-corrected chi connectivity index (χ1v) is 7.17. The molecule has 0 radical (unpaired) electrons. The third-order valence-electron chi connectivity index (χ3n) is 2.60. The topological polar surface area (TPSA) is 29.1 Å². The van der Waals surface area contributed by atoms with Crippen molar-refractivity contribution in [2.75, 3.05) is 25.1 Å². The summed E-state index contributed by atoms with van der Waals surface area (Å²) in [5, 5.41) is 3.44. The molecule has 0 aliphatic heterocycles. The molecule has 0 bridgehead atoms. The molecule has 2 atom stereocenters. The number of allylic oxidation sites excluding steroid dienone is 2. The van der Waals surface area contributed by atoms with E-state index < -0.39 is 10.8 Å². The Morgan fingerprint density at radius 3 is 3.00 bits per heavy atom. The van der Waals surface area contributed by atoms with Gasteiger partial charge in [0.15, 0.2) is 0 Å². The average molecular weight is 215 g/mol. The van der Waals surface area contributed by atoms with E-state index in [9.17, 15) is 4.21 Å². The van der Waals surface area contributed by atoms with Gasteiger partial charge in [-0.2, -0.15) is 0 Å². The molecule has 3 heteroatoms. The van der Waals surface area contributed by atoms with E-state index in [1.165, 1.54) is 19.3 Å². The van der Waals surface area contributed by atoms with Gasteiger partial charge in [-0.1, -0.05) is 12.2 Å². The Morgan fingerprint density at radius 2 is 2.36 bits per heavy atom. The summed E-state index contributed by atoms with van der Waals surface area (Å²) in [5.41, 5.74) is 0. The number of nitrogens with one attached hydrogen (secondary N) is 1. The van der Waals surface area contributed by atoms with Crippen molar-refractivity contribution in [3.8, 4) is 0 Å². The van der Waals surface area contributed by atoms with Gasteiger partial charge in [0.1, 0.15) is 0 Å². The van der Waals surface area contributed by atoms with Crippen molar-refractivity contribution in [1.29, 1.82) is 0 Å². The zero-order valence-electron chi connectivity index (χ0n) is 9.00. The molecule has 1 N–H and O–H groups in total. The lowest BCUT2D eigenvalue weighted by molar-refractivity contribution is 0.441. The number of hydrogen-bond acceptors (Lipinski definition) is 2. The fraction of sp³-hybridized carbons (Fsp3) is 0.818. The molecule has 14 heavy (non-hydrogen) atoms. The van der Waals surface area contributed by atoms with Crippen LogP contribution in [0, 0.1) is 5.92 Å². The SMILES string of the molecule is CS(=O)CCCNCC1CC=CCC1. The van der Waals surface area contributed by atoms with Crippen LogP contribution >= 0.6 is 0 Å². The maximum atomic E-state index is 10.8. The van der Waals surface area contributed by atoms with Gasteiger partial charge < -0.3 is 5.32 Å². The first kappa shape index (κ1) is 11.9. The van der Waals surface area contributed by atoms with Crippen molar-refractivity contribution >= 4 is 10.8 Å². The summed E-state index contributed by atoms with van der Waals surface area (Å²) in [4.78, 5) is 0. The largest absolute Gasteiger partial charge is 0.316 e. The van der Waals surface area contributed by atoms with Crippen molar-refractivity contribution < 1.29 is 4.21 Å². The molecule has 0 saturated carbocycles. The zero-order valence-corrected chi connectivity index (χ0v) is 9.81. The molecular formula is C11H21NOS. The predicted molar refractivity (Wildman–Crippen MR) is 62.9 cm³/mol. The first-order valence-electron chi connectivity index (χ1n) is 5.45. The molecule has 1 rings (SSSR count). The lowest BCUT2D eigenvalue weighted by atomic mass is 9.94. The maximum Gasteiger partial charge on any atom is 0.0244 e. The van der Waals surface area contributed by atoms with Crippen LogP contribution in [0.25, 0.3) is 0 Å². The second-order valence-corrected chi connectivity index (χ2v) is 5.54. The highest BCUT2D eigenvalue weighted by molar-refractivity contribution is 7.84. The van der Waals surface area contributed by atoms with Crippen molar-refractivity contribution in [2.24, 2.45) is 5.92 Å². The molecule has 2 unspecified atom stereocenters. The van der Waals surface area contributed by atoms with E-state index in [1.807, 2.05) is 0 Å². The second kappa shape index (κ2) is 7.18. The minimum Gasteiger partial charge on any atom is -0.316 e. The van der Waals surface area contributed by atoms with Gasteiger partial charge in [0.25, 0.3) is 0 Å². The Morgan fingerprint density at radius 1 is 1.50 bits per heavy atom. The summed E-state index contributed by atoms with van der Waals surface area (Å²) >= 11 is 0. The van der Waals surface area contributed by atoms with E-state index in [2.05, 4.69) is 17.5 Å². The fourth-order valence-corrected chi connectivity index (χ4v) is 2.30. The van der Waals surface area contributed by atoms with E-state index in [4.69, 9.17) is 0 Å². The van der Waals surface area contributed by atoms with Crippen LogP contribution < -0.4 is 5.32 Å². The van der Waals surface area contributed by atoms with Crippen molar-refractivity contribution in [2.45, 2.75) is 25.7 Å². The smallest absolute Gasteiger partial charge is 0.0244 e. The Labute approximate surface area is 89.6 Å². The monoisotopic (exact) mass is 215 g/mol. The molecule has 0 saturated heterocycles. The standard InChI is InChI=1S/C11H21NOS/c1-14(13)9-5-8-12-10-11-6-3-2-4-7-11/h2-3,11-12H,4-10H2,1H3. The van der Waals surface area contributed by atoms with Gasteiger partial charge >= 0.3 is 0 Å². The quantitative estimate of drug-likeness (QED) is 0.540. The molecule has 2 nitrogen and oxygen atoms in total. The van der Waals surface area contributed by atoms with Crippen LogP contribution in [-0.2, 0) is 10.8 Å². The van der Waals surface area contributed by atoms with E-state index in [0.29, 0.717) is 0 Å². The van der Waals surface area contributed by atoms with Gasteiger partial charge in [-0.15, -0.1) is 0 Å². The predicted octanol–water partition coefficient (Wildman–Crippen LogP) is 1.70. The molecule has 0 spiro atoms. The fourth-order valence-electron chi connectivity index (χ4n) is 1.75. The molecule has 1 aliphatic carbocycles. The first-order chi connectivity index (χ1) is 6.79. The molecule has 0 amide bonds. The Balaban J connectivity index is 1.93. The Kier molecular flexibility index (Phi) is 6.12. The molecule has 0 aromatic heterocycles. The van der Waals surface area contributed by atoms with E-state index in [-0.39, 0.29) is 0 Å².